The highest BCUT2D eigenvalue weighted by Crippen LogP contribution is 2.35. The number of methoxy groups -OCH3 is 1. The smallest absolute Gasteiger partial charge is 0.326 e. The fourth-order valence-corrected chi connectivity index (χ4v) is 3.11. The number of esters is 1. The molecular formula is C17H19N3O8S. The van der Waals surface area contributed by atoms with E-state index in [2.05, 4.69) is 4.98 Å². The molecule has 0 bridgehead atoms. The topological polar surface area (TPSA) is 138 Å². The third-order valence-corrected chi connectivity index (χ3v) is 4.70. The number of rotatable bonds is 9. The lowest BCUT2D eigenvalue weighted by molar-refractivity contribution is -0.385. The Morgan fingerprint density at radius 1 is 1.24 bits per heavy atom. The summed E-state index contributed by atoms with van der Waals surface area (Å²) < 4.78 is 40.7. The number of hydrogen-bond donors (Lipinski definition) is 0. The van der Waals surface area contributed by atoms with E-state index in [9.17, 15) is 23.3 Å². The first-order valence-corrected chi connectivity index (χ1v) is 10.1. The molecule has 1 aromatic heterocycles. The standard InChI is InChI=1S/C17H19N3O8S/c1-4-27-17(21)11-19(29(3,24)25)12-5-7-14(15(9-12)26-2)28-16-8-6-13(10-18-16)20(22)23/h5-10H,4,11H2,1-3H3. The zero-order valence-electron chi connectivity index (χ0n) is 15.9. The molecule has 1 heterocycles. The first kappa shape index (κ1) is 21.9. The summed E-state index contributed by atoms with van der Waals surface area (Å²) in [7, 11) is -2.43. The van der Waals surface area contributed by atoms with Gasteiger partial charge in [-0.15, -0.1) is 0 Å². The molecule has 0 saturated heterocycles. The fourth-order valence-electron chi connectivity index (χ4n) is 2.27. The van der Waals surface area contributed by atoms with Gasteiger partial charge < -0.3 is 14.2 Å². The molecule has 0 spiro atoms. The Bertz CT molecular complexity index is 992. The molecule has 1 aromatic carbocycles. The molecule has 0 fully saturated rings. The summed E-state index contributed by atoms with van der Waals surface area (Å²) in [6.45, 7) is 1.23. The van der Waals surface area contributed by atoms with Gasteiger partial charge in [0.25, 0.3) is 5.69 Å². The maximum absolute atomic E-state index is 12.1. The number of aromatic nitrogens is 1. The molecule has 2 aromatic rings. The average Bonchev–Trinajstić information content (AvgIpc) is 2.66. The Morgan fingerprint density at radius 2 is 1.97 bits per heavy atom. The van der Waals surface area contributed by atoms with E-state index >= 15 is 0 Å². The van der Waals surface area contributed by atoms with Crippen molar-refractivity contribution < 1.29 is 32.3 Å². The van der Waals surface area contributed by atoms with E-state index in [1.807, 2.05) is 0 Å². The summed E-state index contributed by atoms with van der Waals surface area (Å²) in [6.07, 6.45) is 2.00. The van der Waals surface area contributed by atoms with E-state index in [1.54, 1.807) is 6.92 Å². The Hall–Kier alpha value is -3.41. The van der Waals surface area contributed by atoms with Crippen LogP contribution in [0.1, 0.15) is 6.92 Å². The number of anilines is 1. The molecule has 0 aliphatic heterocycles. The maximum Gasteiger partial charge on any atom is 0.326 e. The van der Waals surface area contributed by atoms with Crippen molar-refractivity contribution in [2.45, 2.75) is 6.92 Å². The minimum Gasteiger partial charge on any atom is -0.493 e. The van der Waals surface area contributed by atoms with E-state index in [0.717, 1.165) is 16.8 Å². The highest BCUT2D eigenvalue weighted by atomic mass is 32.2. The number of nitrogens with zero attached hydrogens (tertiary/aromatic N) is 3. The highest BCUT2D eigenvalue weighted by molar-refractivity contribution is 7.92. The van der Waals surface area contributed by atoms with Gasteiger partial charge in [0.15, 0.2) is 11.5 Å². The third-order valence-electron chi connectivity index (χ3n) is 3.56. The van der Waals surface area contributed by atoms with Crippen LogP contribution in [0.25, 0.3) is 0 Å². The van der Waals surface area contributed by atoms with E-state index in [1.165, 1.54) is 37.4 Å². The summed E-state index contributed by atoms with van der Waals surface area (Å²) in [5.41, 5.74) is -0.0242. The van der Waals surface area contributed by atoms with Gasteiger partial charge in [-0.05, 0) is 19.1 Å². The van der Waals surface area contributed by atoms with Crippen LogP contribution in [-0.4, -0.2) is 50.8 Å². The van der Waals surface area contributed by atoms with E-state index < -0.39 is 27.5 Å². The predicted molar refractivity (Wildman–Crippen MR) is 103 cm³/mol. The minimum atomic E-state index is -3.78. The van der Waals surface area contributed by atoms with Gasteiger partial charge in [-0.3, -0.25) is 19.2 Å². The molecule has 0 aliphatic rings. The van der Waals surface area contributed by atoms with Gasteiger partial charge in [-0.25, -0.2) is 13.4 Å². The summed E-state index contributed by atoms with van der Waals surface area (Å²) in [4.78, 5) is 25.7. The number of carbonyl (C=O) groups excluding carboxylic acids is 1. The number of benzene rings is 1. The molecule has 29 heavy (non-hydrogen) atoms. The molecule has 0 saturated carbocycles. The SMILES string of the molecule is CCOC(=O)CN(c1ccc(Oc2ccc([N+](=O)[O-])cn2)c(OC)c1)S(C)(=O)=O. The number of nitro groups is 1. The number of hydrogen-bond acceptors (Lipinski definition) is 9. The number of ether oxygens (including phenoxy) is 3. The maximum atomic E-state index is 12.1. The average molecular weight is 425 g/mol. The monoisotopic (exact) mass is 425 g/mol. The molecule has 0 aliphatic carbocycles. The number of carbonyl (C=O) groups is 1. The molecule has 0 unspecified atom stereocenters. The minimum absolute atomic E-state index is 0.0770. The Labute approximate surface area is 167 Å². The van der Waals surface area contributed by atoms with Crippen LogP contribution >= 0.6 is 0 Å². The van der Waals surface area contributed by atoms with Crippen LogP contribution in [0.5, 0.6) is 17.4 Å². The molecule has 0 radical (unpaired) electrons. The van der Waals surface area contributed by atoms with Crippen LogP contribution in [0.3, 0.4) is 0 Å². The van der Waals surface area contributed by atoms with Crippen molar-refractivity contribution in [1.29, 1.82) is 0 Å². The van der Waals surface area contributed by atoms with Gasteiger partial charge in [0.1, 0.15) is 12.7 Å². The van der Waals surface area contributed by atoms with Crippen molar-refractivity contribution >= 4 is 27.4 Å². The molecule has 0 N–H and O–H groups in total. The van der Waals surface area contributed by atoms with Gasteiger partial charge in [0.05, 0.1) is 30.6 Å². The second kappa shape index (κ2) is 9.19. The highest BCUT2D eigenvalue weighted by Gasteiger charge is 2.23. The second-order valence-electron chi connectivity index (χ2n) is 5.62. The molecular weight excluding hydrogens is 406 g/mol. The first-order chi connectivity index (χ1) is 13.7. The Kier molecular flexibility index (Phi) is 6.93. The Balaban J connectivity index is 2.32. The fraction of sp³-hybridized carbons (Fsp3) is 0.294. The molecule has 11 nitrogen and oxygen atoms in total. The molecule has 0 amide bonds. The van der Waals surface area contributed by atoms with Gasteiger partial charge in [-0.2, -0.15) is 0 Å². The molecule has 0 atom stereocenters. The summed E-state index contributed by atoms with van der Waals surface area (Å²) in [6, 6.07) is 6.77. The van der Waals surface area contributed by atoms with Crippen molar-refractivity contribution in [2.24, 2.45) is 0 Å². The number of pyridine rings is 1. The Morgan fingerprint density at radius 3 is 2.48 bits per heavy atom. The molecule has 2 rings (SSSR count). The largest absolute Gasteiger partial charge is 0.493 e. The number of sulfonamides is 1. The predicted octanol–water partition coefficient (Wildman–Crippen LogP) is 2.12. The van der Waals surface area contributed by atoms with Crippen molar-refractivity contribution in [3.05, 3.63) is 46.6 Å². The van der Waals surface area contributed by atoms with Crippen LogP contribution < -0.4 is 13.8 Å². The van der Waals surface area contributed by atoms with Crippen LogP contribution in [0, 0.1) is 10.1 Å². The van der Waals surface area contributed by atoms with Crippen molar-refractivity contribution in [3.63, 3.8) is 0 Å². The lowest BCUT2D eigenvalue weighted by atomic mass is 10.2. The van der Waals surface area contributed by atoms with Gasteiger partial charge in [-0.1, -0.05) is 0 Å². The zero-order chi connectivity index (χ0) is 21.6. The molecule has 12 heteroatoms. The van der Waals surface area contributed by atoms with Crippen LogP contribution in [-0.2, 0) is 19.6 Å². The van der Waals surface area contributed by atoms with Gasteiger partial charge >= 0.3 is 5.97 Å². The third kappa shape index (κ3) is 5.78. The first-order valence-electron chi connectivity index (χ1n) is 8.25. The zero-order valence-corrected chi connectivity index (χ0v) is 16.7. The van der Waals surface area contributed by atoms with E-state index in [4.69, 9.17) is 14.2 Å². The van der Waals surface area contributed by atoms with Gasteiger partial charge in [0, 0.05) is 18.2 Å². The van der Waals surface area contributed by atoms with E-state index in [-0.39, 0.29) is 35.4 Å². The molecule has 156 valence electrons. The van der Waals surface area contributed by atoms with Crippen molar-refractivity contribution in [2.75, 3.05) is 30.8 Å². The lowest BCUT2D eigenvalue weighted by Crippen LogP contribution is -2.35. The second-order valence-corrected chi connectivity index (χ2v) is 7.53. The summed E-state index contributed by atoms with van der Waals surface area (Å²) in [5, 5.41) is 10.7. The van der Waals surface area contributed by atoms with E-state index in [0.29, 0.717) is 0 Å². The van der Waals surface area contributed by atoms with Crippen LogP contribution in [0.4, 0.5) is 11.4 Å². The normalized spacial score (nSPS) is 10.9. The lowest BCUT2D eigenvalue weighted by Gasteiger charge is -2.22. The summed E-state index contributed by atoms with van der Waals surface area (Å²) >= 11 is 0. The van der Waals surface area contributed by atoms with Gasteiger partial charge in [0.2, 0.25) is 15.9 Å². The summed E-state index contributed by atoms with van der Waals surface area (Å²) in [5.74, 6) is -0.261. The quantitative estimate of drug-likeness (QED) is 0.336. The van der Waals surface area contributed by atoms with Crippen LogP contribution in [0.15, 0.2) is 36.5 Å². The van der Waals surface area contributed by atoms with Crippen molar-refractivity contribution in [1.82, 2.24) is 4.98 Å². The van der Waals surface area contributed by atoms with Crippen LogP contribution in [0.2, 0.25) is 0 Å². The van der Waals surface area contributed by atoms with Crippen molar-refractivity contribution in [3.8, 4) is 17.4 Å².